The van der Waals surface area contributed by atoms with Crippen LogP contribution in [-0.2, 0) is 10.3 Å². The van der Waals surface area contributed by atoms with E-state index in [0.29, 0.717) is 24.9 Å². The van der Waals surface area contributed by atoms with E-state index in [0.717, 1.165) is 53.8 Å². The monoisotopic (exact) mass is 498 g/mol. The number of anilines is 1. The van der Waals surface area contributed by atoms with Crippen LogP contribution in [0.25, 0.3) is 33.6 Å². The van der Waals surface area contributed by atoms with E-state index in [1.54, 1.807) is 0 Å². The van der Waals surface area contributed by atoms with Crippen LogP contribution >= 0.6 is 24.8 Å². The van der Waals surface area contributed by atoms with Gasteiger partial charge in [-0.3, -0.25) is 0 Å². The second-order valence-corrected chi connectivity index (χ2v) is 8.75. The highest BCUT2D eigenvalue weighted by Gasteiger charge is 2.34. The first-order valence-electron chi connectivity index (χ1n) is 11.3. The lowest BCUT2D eigenvalue weighted by atomic mass is 9.72. The van der Waals surface area contributed by atoms with E-state index in [1.807, 2.05) is 24.4 Å². The fourth-order valence-electron chi connectivity index (χ4n) is 4.69. The third-order valence-electron chi connectivity index (χ3n) is 6.76. The lowest BCUT2D eigenvalue weighted by molar-refractivity contribution is 0.122. The molecule has 1 aliphatic heterocycles. The standard InChI is InChI=1S/C26H26N4O2.2ClH/c27-26(11-4-12-26)20-9-7-19(8-10-20)23-22(18-5-2-1-3-6-18)21-17-28-25(29-24(21)32-23)30-13-15-31-16-14-30;;/h1-3,5-10,17H,4,11-16,27H2;2*1H. The van der Waals surface area contributed by atoms with E-state index < -0.39 is 0 Å². The van der Waals surface area contributed by atoms with Crippen LogP contribution in [0, 0.1) is 0 Å². The Labute approximate surface area is 211 Å². The first-order chi connectivity index (χ1) is 15.7. The van der Waals surface area contributed by atoms with E-state index in [1.165, 1.54) is 12.0 Å². The first kappa shape index (κ1) is 24.5. The van der Waals surface area contributed by atoms with E-state index in [4.69, 9.17) is 19.9 Å². The van der Waals surface area contributed by atoms with E-state index in [9.17, 15) is 0 Å². The number of fused-ring (bicyclic) bond motifs is 1. The smallest absolute Gasteiger partial charge is 0.232 e. The van der Waals surface area contributed by atoms with Crippen LogP contribution in [0.1, 0.15) is 24.8 Å². The molecule has 0 unspecified atom stereocenters. The van der Waals surface area contributed by atoms with E-state index in [2.05, 4.69) is 46.3 Å². The summed E-state index contributed by atoms with van der Waals surface area (Å²) in [6.07, 6.45) is 5.18. The van der Waals surface area contributed by atoms with Crippen molar-refractivity contribution in [1.82, 2.24) is 9.97 Å². The van der Waals surface area contributed by atoms with Gasteiger partial charge < -0.3 is 19.8 Å². The zero-order valence-electron chi connectivity index (χ0n) is 18.8. The van der Waals surface area contributed by atoms with E-state index in [-0.39, 0.29) is 30.4 Å². The molecule has 2 aromatic heterocycles. The summed E-state index contributed by atoms with van der Waals surface area (Å²) in [6.45, 7) is 2.95. The molecule has 1 aliphatic carbocycles. The second kappa shape index (κ2) is 9.92. The number of rotatable bonds is 4. The van der Waals surface area contributed by atoms with Gasteiger partial charge in [0.1, 0.15) is 5.76 Å². The van der Waals surface area contributed by atoms with Gasteiger partial charge in [-0.1, -0.05) is 54.6 Å². The maximum absolute atomic E-state index is 6.53. The fourth-order valence-corrected chi connectivity index (χ4v) is 4.69. The molecule has 3 heterocycles. The summed E-state index contributed by atoms with van der Waals surface area (Å²) in [4.78, 5) is 11.6. The summed E-state index contributed by atoms with van der Waals surface area (Å²) in [6, 6.07) is 18.8. The topological polar surface area (TPSA) is 77.4 Å². The molecular weight excluding hydrogens is 471 g/mol. The Hall–Kier alpha value is -2.64. The Bertz CT molecular complexity index is 1250. The van der Waals surface area contributed by atoms with Crippen molar-refractivity contribution in [3.8, 4) is 22.5 Å². The summed E-state index contributed by atoms with van der Waals surface area (Å²) in [7, 11) is 0. The largest absolute Gasteiger partial charge is 0.437 e. The summed E-state index contributed by atoms with van der Waals surface area (Å²) >= 11 is 0. The van der Waals surface area contributed by atoms with Gasteiger partial charge in [-0.15, -0.1) is 24.8 Å². The van der Waals surface area contributed by atoms with Gasteiger partial charge in [0.05, 0.1) is 18.6 Å². The van der Waals surface area contributed by atoms with Gasteiger partial charge in [-0.25, -0.2) is 4.98 Å². The molecule has 2 aliphatic rings. The average molecular weight is 499 g/mol. The molecule has 2 N–H and O–H groups in total. The Kier molecular flexibility index (Phi) is 7.14. The van der Waals surface area contributed by atoms with Gasteiger partial charge in [0, 0.05) is 36.0 Å². The number of furan rings is 1. The molecule has 1 saturated heterocycles. The van der Waals surface area contributed by atoms with Crippen LogP contribution in [0.5, 0.6) is 0 Å². The number of halogens is 2. The zero-order valence-corrected chi connectivity index (χ0v) is 20.4. The summed E-state index contributed by atoms with van der Waals surface area (Å²) in [5.74, 6) is 1.50. The van der Waals surface area contributed by atoms with Gasteiger partial charge in [-0.05, 0) is 30.4 Å². The fraction of sp³-hybridized carbons (Fsp3) is 0.308. The van der Waals surface area contributed by atoms with Crippen LogP contribution in [0.2, 0.25) is 0 Å². The molecule has 1 saturated carbocycles. The van der Waals surface area contributed by atoms with Crippen molar-refractivity contribution in [3.63, 3.8) is 0 Å². The van der Waals surface area contributed by atoms with Crippen LogP contribution in [0.4, 0.5) is 5.95 Å². The number of hydrogen-bond donors (Lipinski definition) is 1. The molecule has 6 nitrogen and oxygen atoms in total. The predicted molar refractivity (Wildman–Crippen MR) is 140 cm³/mol. The average Bonchev–Trinajstić information content (AvgIpc) is 3.22. The first-order valence-corrected chi connectivity index (χ1v) is 11.3. The van der Waals surface area contributed by atoms with Crippen LogP contribution in [0.3, 0.4) is 0 Å². The number of nitrogens with two attached hydrogens (primary N) is 1. The Morgan fingerprint density at radius 3 is 2.24 bits per heavy atom. The van der Waals surface area contributed by atoms with Gasteiger partial charge in [0.15, 0.2) is 0 Å². The third-order valence-corrected chi connectivity index (χ3v) is 6.76. The van der Waals surface area contributed by atoms with Crippen molar-refractivity contribution in [1.29, 1.82) is 0 Å². The van der Waals surface area contributed by atoms with Gasteiger partial charge in [0.25, 0.3) is 0 Å². The SMILES string of the molecule is Cl.Cl.NC1(c2ccc(-c3oc4nc(N5CCOCC5)ncc4c3-c3ccccc3)cc2)CCC1. The van der Waals surface area contributed by atoms with Crippen molar-refractivity contribution in [2.75, 3.05) is 31.2 Å². The molecular formula is C26H28Cl2N4O2. The number of ether oxygens (including phenoxy) is 1. The summed E-state index contributed by atoms with van der Waals surface area (Å²) in [5, 5.41) is 0.918. The summed E-state index contributed by atoms with van der Waals surface area (Å²) in [5.41, 5.74) is 11.3. The Balaban J connectivity index is 0.00000137. The molecule has 178 valence electrons. The second-order valence-electron chi connectivity index (χ2n) is 8.75. The molecule has 2 fully saturated rings. The highest BCUT2D eigenvalue weighted by molar-refractivity contribution is 6.00. The van der Waals surface area contributed by atoms with Crippen LogP contribution < -0.4 is 10.6 Å². The van der Waals surface area contributed by atoms with Gasteiger partial charge in [0.2, 0.25) is 11.7 Å². The lowest BCUT2D eigenvalue weighted by Gasteiger charge is -2.38. The van der Waals surface area contributed by atoms with Crippen LogP contribution in [0.15, 0.2) is 65.2 Å². The van der Waals surface area contributed by atoms with Crippen molar-refractivity contribution >= 4 is 41.9 Å². The van der Waals surface area contributed by atoms with E-state index >= 15 is 0 Å². The van der Waals surface area contributed by atoms with Crippen molar-refractivity contribution in [2.45, 2.75) is 24.8 Å². The Morgan fingerprint density at radius 2 is 1.59 bits per heavy atom. The van der Waals surface area contributed by atoms with Gasteiger partial charge in [-0.2, -0.15) is 4.98 Å². The minimum atomic E-state index is -0.173. The molecule has 8 heteroatoms. The lowest BCUT2D eigenvalue weighted by Crippen LogP contribution is -2.43. The molecule has 0 spiro atoms. The number of hydrogen-bond acceptors (Lipinski definition) is 6. The molecule has 0 radical (unpaired) electrons. The predicted octanol–water partition coefficient (Wildman–Crippen LogP) is 5.57. The molecule has 0 atom stereocenters. The Morgan fingerprint density at radius 1 is 0.882 bits per heavy atom. The van der Waals surface area contributed by atoms with Crippen molar-refractivity contribution < 1.29 is 9.15 Å². The number of morpholine rings is 1. The van der Waals surface area contributed by atoms with Crippen molar-refractivity contribution in [3.05, 3.63) is 66.4 Å². The minimum absolute atomic E-state index is 0. The van der Waals surface area contributed by atoms with Gasteiger partial charge >= 0.3 is 0 Å². The maximum atomic E-state index is 6.53. The quantitative estimate of drug-likeness (QED) is 0.395. The maximum Gasteiger partial charge on any atom is 0.232 e. The zero-order chi connectivity index (χ0) is 21.5. The number of nitrogens with zero attached hydrogens (tertiary/aromatic N) is 3. The molecule has 0 amide bonds. The molecule has 6 rings (SSSR count). The highest BCUT2D eigenvalue weighted by Crippen LogP contribution is 2.42. The third kappa shape index (κ3) is 4.27. The number of aromatic nitrogens is 2. The highest BCUT2D eigenvalue weighted by atomic mass is 35.5. The van der Waals surface area contributed by atoms with Crippen molar-refractivity contribution in [2.24, 2.45) is 5.73 Å². The molecule has 0 bridgehead atoms. The molecule has 2 aromatic carbocycles. The van der Waals surface area contributed by atoms with Crippen LogP contribution in [-0.4, -0.2) is 36.3 Å². The summed E-state index contributed by atoms with van der Waals surface area (Å²) < 4.78 is 11.9. The normalized spacial score (nSPS) is 16.9. The minimum Gasteiger partial charge on any atom is -0.437 e. The molecule has 4 aromatic rings. The number of benzene rings is 2. The molecule has 34 heavy (non-hydrogen) atoms.